The predicted octanol–water partition coefficient (Wildman–Crippen LogP) is 3.71. The lowest BCUT2D eigenvalue weighted by Gasteiger charge is -2.22. The Bertz CT molecular complexity index is 1100. The number of hydrogen-bond acceptors (Lipinski definition) is 5. The number of aryl methyl sites for hydroxylation is 1. The average Bonchev–Trinajstić information content (AvgIpc) is 3.01. The zero-order valence-corrected chi connectivity index (χ0v) is 17.6. The van der Waals surface area contributed by atoms with E-state index >= 15 is 0 Å². The standard InChI is InChI=1S/C20H23ClFN5O2/c1-9(2)29-17-12(8-13(21)15(22)14(17)20(28)24-5)10(3)19-26-11(4)16-18(23)25-6-7-27(16)19/h6-10H,1-5H3,(H2,23,25)(H,24,28). The van der Waals surface area contributed by atoms with Crippen LogP contribution in [0.4, 0.5) is 10.2 Å². The number of carbonyl (C=O) groups is 1. The number of fused-ring (bicyclic) bond motifs is 1. The van der Waals surface area contributed by atoms with Gasteiger partial charge in [-0.25, -0.2) is 14.4 Å². The summed E-state index contributed by atoms with van der Waals surface area (Å²) in [5.41, 5.74) is 7.74. The Hall–Kier alpha value is -2.87. The number of rotatable bonds is 5. The fourth-order valence-corrected chi connectivity index (χ4v) is 3.57. The molecule has 0 bridgehead atoms. The van der Waals surface area contributed by atoms with Crippen molar-refractivity contribution >= 4 is 28.8 Å². The van der Waals surface area contributed by atoms with Crippen molar-refractivity contribution in [3.8, 4) is 5.75 Å². The van der Waals surface area contributed by atoms with Crippen molar-refractivity contribution < 1.29 is 13.9 Å². The van der Waals surface area contributed by atoms with Crippen molar-refractivity contribution in [1.82, 2.24) is 19.7 Å². The molecule has 0 aliphatic heterocycles. The first kappa shape index (κ1) is 20.9. The minimum atomic E-state index is -0.824. The molecule has 0 saturated carbocycles. The minimum absolute atomic E-state index is 0.144. The van der Waals surface area contributed by atoms with E-state index < -0.39 is 11.7 Å². The van der Waals surface area contributed by atoms with Gasteiger partial charge in [-0.1, -0.05) is 18.5 Å². The number of aromatic nitrogens is 3. The number of nitrogens with zero attached hydrogens (tertiary/aromatic N) is 3. The smallest absolute Gasteiger partial charge is 0.257 e. The Balaban J connectivity index is 2.29. The minimum Gasteiger partial charge on any atom is -0.490 e. The quantitative estimate of drug-likeness (QED) is 0.657. The van der Waals surface area contributed by atoms with E-state index in [9.17, 15) is 9.18 Å². The van der Waals surface area contributed by atoms with Crippen LogP contribution in [0.25, 0.3) is 5.52 Å². The molecule has 0 spiro atoms. The lowest BCUT2D eigenvalue weighted by Crippen LogP contribution is -2.23. The first-order valence-electron chi connectivity index (χ1n) is 9.17. The van der Waals surface area contributed by atoms with E-state index in [1.54, 1.807) is 26.2 Å². The number of carbonyl (C=O) groups excluding carboxylic acids is 1. The summed E-state index contributed by atoms with van der Waals surface area (Å²) >= 11 is 6.14. The van der Waals surface area contributed by atoms with Gasteiger partial charge in [0.25, 0.3) is 5.91 Å². The lowest BCUT2D eigenvalue weighted by molar-refractivity contribution is 0.0952. The molecule has 2 heterocycles. The van der Waals surface area contributed by atoms with E-state index in [2.05, 4.69) is 15.3 Å². The number of hydrogen-bond donors (Lipinski definition) is 2. The van der Waals surface area contributed by atoms with Crippen LogP contribution < -0.4 is 15.8 Å². The van der Waals surface area contributed by atoms with Gasteiger partial charge in [0.05, 0.1) is 16.8 Å². The molecule has 3 N–H and O–H groups in total. The van der Waals surface area contributed by atoms with Crippen LogP contribution in [0.1, 0.15) is 54.1 Å². The SMILES string of the molecule is CNC(=O)c1c(F)c(Cl)cc(C(C)c2nc(C)c3c(N)nccn23)c1OC(C)C. The van der Waals surface area contributed by atoms with Crippen LogP contribution in [0.3, 0.4) is 0 Å². The van der Waals surface area contributed by atoms with Gasteiger partial charge in [-0.05, 0) is 26.8 Å². The molecule has 2 aromatic heterocycles. The molecule has 29 heavy (non-hydrogen) atoms. The van der Waals surface area contributed by atoms with Crippen molar-refractivity contribution in [2.45, 2.75) is 39.7 Å². The number of nitrogen functional groups attached to an aromatic ring is 1. The van der Waals surface area contributed by atoms with Crippen molar-refractivity contribution in [3.05, 3.63) is 51.9 Å². The van der Waals surface area contributed by atoms with Crippen molar-refractivity contribution in [2.75, 3.05) is 12.8 Å². The third kappa shape index (κ3) is 3.60. The van der Waals surface area contributed by atoms with E-state index in [1.807, 2.05) is 18.2 Å². The largest absolute Gasteiger partial charge is 0.490 e. The summed E-state index contributed by atoms with van der Waals surface area (Å²) in [6, 6.07) is 1.48. The van der Waals surface area contributed by atoms with E-state index in [-0.39, 0.29) is 28.4 Å². The van der Waals surface area contributed by atoms with Gasteiger partial charge in [-0.2, -0.15) is 0 Å². The van der Waals surface area contributed by atoms with Crippen LogP contribution >= 0.6 is 11.6 Å². The van der Waals surface area contributed by atoms with Crippen molar-refractivity contribution in [1.29, 1.82) is 0 Å². The Labute approximate surface area is 173 Å². The molecular formula is C20H23ClFN5O2. The number of amides is 1. The second-order valence-corrected chi connectivity index (χ2v) is 7.43. The normalized spacial score (nSPS) is 12.4. The van der Waals surface area contributed by atoms with Gasteiger partial charge >= 0.3 is 0 Å². The van der Waals surface area contributed by atoms with Crippen LogP contribution in [-0.2, 0) is 0 Å². The maximum atomic E-state index is 14.8. The molecule has 7 nitrogen and oxygen atoms in total. The van der Waals surface area contributed by atoms with Crippen LogP contribution in [-0.4, -0.2) is 33.4 Å². The molecule has 1 unspecified atom stereocenters. The summed E-state index contributed by atoms with van der Waals surface area (Å²) in [7, 11) is 1.42. The van der Waals surface area contributed by atoms with Gasteiger partial charge in [-0.3, -0.25) is 9.20 Å². The molecule has 0 aliphatic carbocycles. The van der Waals surface area contributed by atoms with E-state index in [0.29, 0.717) is 28.4 Å². The Kier molecular flexibility index (Phi) is 5.66. The highest BCUT2D eigenvalue weighted by molar-refractivity contribution is 6.31. The first-order chi connectivity index (χ1) is 13.7. The molecule has 0 saturated heterocycles. The molecule has 0 radical (unpaired) electrons. The van der Waals surface area contributed by atoms with Gasteiger partial charge in [0.15, 0.2) is 5.82 Å². The number of halogens is 2. The average molecular weight is 420 g/mol. The summed E-state index contributed by atoms with van der Waals surface area (Å²) in [6.45, 7) is 7.32. The van der Waals surface area contributed by atoms with Crippen LogP contribution in [0.5, 0.6) is 5.75 Å². The maximum Gasteiger partial charge on any atom is 0.257 e. The molecule has 0 aliphatic rings. The number of nitrogens with one attached hydrogen (secondary N) is 1. The van der Waals surface area contributed by atoms with Crippen LogP contribution in [0.15, 0.2) is 18.5 Å². The Morgan fingerprint density at radius 2 is 2.07 bits per heavy atom. The molecule has 3 aromatic rings. The monoisotopic (exact) mass is 419 g/mol. The second-order valence-electron chi connectivity index (χ2n) is 7.02. The second kappa shape index (κ2) is 7.87. The lowest BCUT2D eigenvalue weighted by atomic mass is 9.95. The molecule has 0 fully saturated rings. The number of nitrogens with two attached hydrogens (primary N) is 1. The van der Waals surface area contributed by atoms with Gasteiger partial charge in [0.2, 0.25) is 0 Å². The maximum absolute atomic E-state index is 14.8. The summed E-state index contributed by atoms with van der Waals surface area (Å²) < 4.78 is 22.5. The molecule has 3 rings (SSSR count). The van der Waals surface area contributed by atoms with Crippen LogP contribution in [0, 0.1) is 12.7 Å². The third-order valence-electron chi connectivity index (χ3n) is 4.65. The highest BCUT2D eigenvalue weighted by Gasteiger charge is 2.29. The molecular weight excluding hydrogens is 397 g/mol. The molecule has 1 atom stereocenters. The van der Waals surface area contributed by atoms with Gasteiger partial charge in [0, 0.05) is 30.9 Å². The summed E-state index contributed by atoms with van der Waals surface area (Å²) in [4.78, 5) is 21.2. The molecule has 1 amide bonds. The highest BCUT2D eigenvalue weighted by atomic mass is 35.5. The topological polar surface area (TPSA) is 94.5 Å². The first-order valence-corrected chi connectivity index (χ1v) is 9.54. The fourth-order valence-electron chi connectivity index (χ4n) is 3.35. The fraction of sp³-hybridized carbons (Fsp3) is 0.350. The zero-order chi connectivity index (χ0) is 21.5. The summed E-state index contributed by atoms with van der Waals surface area (Å²) in [5, 5.41) is 2.28. The van der Waals surface area contributed by atoms with Crippen molar-refractivity contribution in [3.63, 3.8) is 0 Å². The van der Waals surface area contributed by atoms with E-state index in [0.717, 1.165) is 0 Å². The van der Waals surface area contributed by atoms with Gasteiger partial charge in [-0.15, -0.1) is 0 Å². The van der Waals surface area contributed by atoms with Crippen molar-refractivity contribution in [2.24, 2.45) is 0 Å². The highest BCUT2D eigenvalue weighted by Crippen LogP contribution is 2.39. The number of ether oxygens (including phenoxy) is 1. The van der Waals surface area contributed by atoms with Crippen LogP contribution in [0.2, 0.25) is 5.02 Å². The number of benzene rings is 1. The zero-order valence-electron chi connectivity index (χ0n) is 16.9. The number of anilines is 1. The van der Waals surface area contributed by atoms with E-state index in [4.69, 9.17) is 22.1 Å². The molecule has 154 valence electrons. The summed E-state index contributed by atoms with van der Waals surface area (Å²) in [5.74, 6) is -0.677. The Morgan fingerprint density at radius 1 is 1.38 bits per heavy atom. The number of imidazole rings is 1. The van der Waals surface area contributed by atoms with E-state index in [1.165, 1.54) is 13.1 Å². The predicted molar refractivity (Wildman–Crippen MR) is 110 cm³/mol. The van der Waals surface area contributed by atoms with Gasteiger partial charge in [0.1, 0.15) is 28.5 Å². The molecule has 9 heteroatoms. The Morgan fingerprint density at radius 3 is 2.69 bits per heavy atom. The van der Waals surface area contributed by atoms with Gasteiger partial charge < -0.3 is 15.8 Å². The molecule has 1 aromatic carbocycles. The summed E-state index contributed by atoms with van der Waals surface area (Å²) in [6.07, 6.45) is 3.05. The third-order valence-corrected chi connectivity index (χ3v) is 4.92.